The summed E-state index contributed by atoms with van der Waals surface area (Å²) in [5.74, 6) is 2.78. The fourth-order valence-corrected chi connectivity index (χ4v) is 4.63. The number of hydrogen-bond acceptors (Lipinski definition) is 6. The lowest BCUT2D eigenvalue weighted by molar-refractivity contribution is 0.0485. The van der Waals surface area contributed by atoms with E-state index in [1.54, 1.807) is 14.2 Å². The van der Waals surface area contributed by atoms with Crippen LogP contribution in [0, 0.1) is 6.92 Å². The third-order valence-electron chi connectivity index (χ3n) is 6.43. The van der Waals surface area contributed by atoms with Crippen LogP contribution in [-0.2, 0) is 13.1 Å². The summed E-state index contributed by atoms with van der Waals surface area (Å²) in [6, 6.07) is 14.7. The normalized spacial score (nSPS) is 17.3. The van der Waals surface area contributed by atoms with Gasteiger partial charge in [0.15, 0.2) is 0 Å². The molecule has 7 nitrogen and oxygen atoms in total. The molecule has 1 aliphatic heterocycles. The van der Waals surface area contributed by atoms with Crippen molar-refractivity contribution in [3.05, 3.63) is 71.8 Å². The summed E-state index contributed by atoms with van der Waals surface area (Å²) in [7, 11) is 3.38. The van der Waals surface area contributed by atoms with E-state index in [1.165, 1.54) is 5.56 Å². The topological polar surface area (TPSA) is 63.0 Å². The van der Waals surface area contributed by atoms with Gasteiger partial charge in [0, 0.05) is 56.9 Å². The Bertz CT molecular complexity index is 1030. The number of aliphatic hydroxyl groups is 1. The molecule has 7 heteroatoms. The molecule has 0 aliphatic carbocycles. The summed E-state index contributed by atoms with van der Waals surface area (Å²) in [5.41, 5.74) is 3.50. The third-order valence-corrected chi connectivity index (χ3v) is 6.43. The number of hydrogen-bond donors (Lipinski definition) is 1. The number of rotatable bonds is 9. The van der Waals surface area contributed by atoms with Gasteiger partial charge in [-0.25, -0.2) is 4.98 Å². The minimum absolute atomic E-state index is 0.192. The zero-order valence-corrected chi connectivity index (χ0v) is 19.8. The molecule has 0 saturated carbocycles. The maximum atomic E-state index is 9.70. The molecule has 4 rings (SSSR count). The first-order valence-electron chi connectivity index (χ1n) is 11.5. The predicted molar refractivity (Wildman–Crippen MR) is 129 cm³/mol. The average molecular weight is 451 g/mol. The summed E-state index contributed by atoms with van der Waals surface area (Å²) in [5, 5.41) is 9.70. The Morgan fingerprint density at radius 2 is 1.85 bits per heavy atom. The molecule has 0 radical (unpaired) electrons. The van der Waals surface area contributed by atoms with Gasteiger partial charge in [0.2, 0.25) is 0 Å². The van der Waals surface area contributed by atoms with Crippen LogP contribution >= 0.6 is 0 Å². The highest BCUT2D eigenvalue weighted by Gasteiger charge is 2.27. The monoisotopic (exact) mass is 450 g/mol. The standard InChI is InChI=1S/C26H34N4O3/c1-20-16-21(4-9-25(20)33-3)17-29-14-13-28(18-23(29)10-15-31)19-26-27-11-12-30(26)22-5-7-24(32-2)8-6-22/h4-9,11-12,16,23,31H,10,13-15,17-19H2,1-3H3. The van der Waals surface area contributed by atoms with Crippen molar-refractivity contribution in [2.75, 3.05) is 40.5 Å². The van der Waals surface area contributed by atoms with E-state index in [9.17, 15) is 5.11 Å². The second kappa shape index (κ2) is 10.8. The molecule has 0 spiro atoms. The molecular formula is C26H34N4O3. The Morgan fingerprint density at radius 1 is 1.03 bits per heavy atom. The van der Waals surface area contributed by atoms with Gasteiger partial charge in [-0.15, -0.1) is 0 Å². The summed E-state index contributed by atoms with van der Waals surface area (Å²) in [4.78, 5) is 9.56. The highest BCUT2D eigenvalue weighted by Crippen LogP contribution is 2.23. The molecule has 3 aromatic rings. The van der Waals surface area contributed by atoms with E-state index in [-0.39, 0.29) is 6.61 Å². The molecule has 1 N–H and O–H groups in total. The van der Waals surface area contributed by atoms with E-state index in [0.29, 0.717) is 6.04 Å². The van der Waals surface area contributed by atoms with Crippen LogP contribution in [0.5, 0.6) is 11.5 Å². The quantitative estimate of drug-likeness (QED) is 0.540. The molecule has 1 aromatic heterocycles. The molecule has 1 aliphatic rings. The van der Waals surface area contributed by atoms with Crippen LogP contribution in [0.2, 0.25) is 0 Å². The number of imidazole rings is 1. The van der Waals surface area contributed by atoms with Crippen LogP contribution in [-0.4, -0.2) is 71.0 Å². The third kappa shape index (κ3) is 5.55. The number of aromatic nitrogens is 2. The highest BCUT2D eigenvalue weighted by molar-refractivity contribution is 5.38. The number of methoxy groups -OCH3 is 2. The Labute approximate surface area is 196 Å². The van der Waals surface area contributed by atoms with Gasteiger partial charge in [-0.1, -0.05) is 12.1 Å². The van der Waals surface area contributed by atoms with Gasteiger partial charge in [0.25, 0.3) is 0 Å². The largest absolute Gasteiger partial charge is 0.497 e. The van der Waals surface area contributed by atoms with E-state index in [2.05, 4.69) is 38.4 Å². The van der Waals surface area contributed by atoms with Crippen molar-refractivity contribution in [1.29, 1.82) is 0 Å². The number of piperazine rings is 1. The summed E-state index contributed by atoms with van der Waals surface area (Å²) >= 11 is 0. The van der Waals surface area contributed by atoms with Crippen LogP contribution in [0.25, 0.3) is 5.69 Å². The van der Waals surface area contributed by atoms with E-state index < -0.39 is 0 Å². The maximum absolute atomic E-state index is 9.70. The van der Waals surface area contributed by atoms with Crippen LogP contribution in [0.1, 0.15) is 23.4 Å². The van der Waals surface area contributed by atoms with Crippen LogP contribution < -0.4 is 9.47 Å². The van der Waals surface area contributed by atoms with Crippen molar-refractivity contribution in [3.63, 3.8) is 0 Å². The van der Waals surface area contributed by atoms with Crippen molar-refractivity contribution in [3.8, 4) is 17.2 Å². The zero-order chi connectivity index (χ0) is 23.2. The number of aryl methyl sites for hydroxylation is 1. The lowest BCUT2D eigenvalue weighted by Crippen LogP contribution is -2.52. The van der Waals surface area contributed by atoms with Gasteiger partial charge >= 0.3 is 0 Å². The zero-order valence-electron chi connectivity index (χ0n) is 19.8. The molecule has 1 fully saturated rings. The van der Waals surface area contributed by atoms with Gasteiger partial charge in [-0.3, -0.25) is 9.80 Å². The smallest absolute Gasteiger partial charge is 0.127 e. The Kier molecular flexibility index (Phi) is 7.65. The number of benzene rings is 2. The first kappa shape index (κ1) is 23.3. The van der Waals surface area contributed by atoms with Gasteiger partial charge < -0.3 is 19.1 Å². The van der Waals surface area contributed by atoms with Crippen molar-refractivity contribution in [2.24, 2.45) is 0 Å². The van der Waals surface area contributed by atoms with Gasteiger partial charge in [-0.2, -0.15) is 0 Å². The van der Waals surface area contributed by atoms with Crippen molar-refractivity contribution >= 4 is 0 Å². The van der Waals surface area contributed by atoms with Crippen LogP contribution in [0.3, 0.4) is 0 Å². The molecule has 0 bridgehead atoms. The fraction of sp³-hybridized carbons (Fsp3) is 0.423. The summed E-state index contributed by atoms with van der Waals surface area (Å²) < 4.78 is 12.8. The van der Waals surface area contributed by atoms with E-state index in [4.69, 9.17) is 9.47 Å². The van der Waals surface area contributed by atoms with Gasteiger partial charge in [-0.05, 0) is 54.8 Å². The van der Waals surface area contributed by atoms with E-state index in [0.717, 1.165) is 67.7 Å². The average Bonchev–Trinajstić information content (AvgIpc) is 3.29. The molecule has 1 saturated heterocycles. The molecule has 176 valence electrons. The lowest BCUT2D eigenvalue weighted by Gasteiger charge is -2.41. The van der Waals surface area contributed by atoms with Gasteiger partial charge in [0.1, 0.15) is 17.3 Å². The maximum Gasteiger partial charge on any atom is 0.127 e. The fourth-order valence-electron chi connectivity index (χ4n) is 4.63. The number of aliphatic hydroxyl groups excluding tert-OH is 1. The minimum atomic E-state index is 0.192. The Balaban J connectivity index is 1.42. The number of ether oxygens (including phenoxy) is 2. The molecule has 1 atom stereocenters. The van der Waals surface area contributed by atoms with Gasteiger partial charge in [0.05, 0.1) is 20.8 Å². The van der Waals surface area contributed by atoms with Crippen molar-refractivity contribution in [2.45, 2.75) is 32.5 Å². The van der Waals surface area contributed by atoms with Crippen molar-refractivity contribution < 1.29 is 14.6 Å². The first-order valence-corrected chi connectivity index (χ1v) is 11.5. The predicted octanol–water partition coefficient (Wildman–Crippen LogP) is 3.27. The Hall–Kier alpha value is -2.87. The molecule has 33 heavy (non-hydrogen) atoms. The summed E-state index contributed by atoms with van der Waals surface area (Å²) in [6.45, 7) is 6.75. The highest BCUT2D eigenvalue weighted by atomic mass is 16.5. The number of nitrogens with zero attached hydrogens (tertiary/aromatic N) is 4. The second-order valence-electron chi connectivity index (χ2n) is 8.59. The lowest BCUT2D eigenvalue weighted by atomic mass is 10.1. The SMILES string of the molecule is COc1ccc(-n2ccnc2CN2CCN(Cc3ccc(OC)c(C)c3)C(CCO)C2)cc1. The van der Waals surface area contributed by atoms with Crippen LogP contribution in [0.15, 0.2) is 54.9 Å². The molecular weight excluding hydrogens is 416 g/mol. The molecule has 0 amide bonds. The summed E-state index contributed by atoms with van der Waals surface area (Å²) in [6.07, 6.45) is 4.62. The Morgan fingerprint density at radius 3 is 2.55 bits per heavy atom. The molecule has 1 unspecified atom stereocenters. The second-order valence-corrected chi connectivity index (χ2v) is 8.59. The van der Waals surface area contributed by atoms with E-state index in [1.807, 2.05) is 42.7 Å². The van der Waals surface area contributed by atoms with Crippen molar-refractivity contribution in [1.82, 2.24) is 19.4 Å². The minimum Gasteiger partial charge on any atom is -0.497 e. The van der Waals surface area contributed by atoms with Crippen LogP contribution in [0.4, 0.5) is 0 Å². The molecule has 2 heterocycles. The molecule has 2 aromatic carbocycles. The van der Waals surface area contributed by atoms with E-state index >= 15 is 0 Å². The first-order chi connectivity index (χ1) is 16.1.